The molecule has 116 valence electrons. The van der Waals surface area contributed by atoms with Gasteiger partial charge in [-0.1, -0.05) is 47.0 Å². The van der Waals surface area contributed by atoms with Gasteiger partial charge >= 0.3 is 6.09 Å². The number of unbranched alkanes of at least 4 members (excludes halogenated alkanes) is 3. The summed E-state index contributed by atoms with van der Waals surface area (Å²) in [5.41, 5.74) is 0.469. The van der Waals surface area contributed by atoms with Gasteiger partial charge in [-0.3, -0.25) is 0 Å². The average Bonchev–Trinajstić information content (AvgIpc) is 2.71. The van der Waals surface area contributed by atoms with Gasteiger partial charge in [-0.25, -0.2) is 4.79 Å². The van der Waals surface area contributed by atoms with Crippen molar-refractivity contribution in [1.82, 2.24) is 5.32 Å². The lowest BCUT2D eigenvalue weighted by Gasteiger charge is -2.38. The Labute approximate surface area is 123 Å². The number of rotatable bonds is 6. The summed E-state index contributed by atoms with van der Waals surface area (Å²) >= 11 is 0. The number of amides is 1. The largest absolute Gasteiger partial charge is 0.446 e. The molecule has 1 N–H and O–H groups in total. The van der Waals surface area contributed by atoms with E-state index >= 15 is 0 Å². The van der Waals surface area contributed by atoms with Crippen molar-refractivity contribution in [2.45, 2.75) is 78.7 Å². The maximum Gasteiger partial charge on any atom is 0.407 e. The van der Waals surface area contributed by atoms with E-state index in [9.17, 15) is 4.79 Å². The molecule has 2 aliphatic carbocycles. The quantitative estimate of drug-likeness (QED) is 0.728. The summed E-state index contributed by atoms with van der Waals surface area (Å²) in [5, 5.41) is 2.91. The first kappa shape index (κ1) is 15.7. The molecule has 2 aliphatic rings. The Morgan fingerprint density at radius 2 is 2.00 bits per heavy atom. The number of carbonyl (C=O) groups is 1. The highest BCUT2D eigenvalue weighted by atomic mass is 16.6. The lowest BCUT2D eigenvalue weighted by molar-refractivity contribution is -0.00415. The molecule has 0 aromatic heterocycles. The van der Waals surface area contributed by atoms with E-state index < -0.39 is 0 Å². The third-order valence-corrected chi connectivity index (χ3v) is 6.26. The minimum atomic E-state index is -0.212. The van der Waals surface area contributed by atoms with Gasteiger partial charge in [0.15, 0.2) is 0 Å². The Balaban J connectivity index is 1.76. The van der Waals surface area contributed by atoms with E-state index in [1.54, 1.807) is 0 Å². The smallest absolute Gasteiger partial charge is 0.407 e. The van der Waals surface area contributed by atoms with E-state index in [1.165, 1.54) is 32.1 Å². The van der Waals surface area contributed by atoms with E-state index in [2.05, 4.69) is 33.0 Å². The topological polar surface area (TPSA) is 38.3 Å². The van der Waals surface area contributed by atoms with Crippen LogP contribution in [0.3, 0.4) is 0 Å². The Bertz CT molecular complexity index is 353. The molecule has 1 amide bonds. The van der Waals surface area contributed by atoms with Crippen LogP contribution in [0.1, 0.15) is 72.6 Å². The van der Waals surface area contributed by atoms with Gasteiger partial charge in [0.25, 0.3) is 0 Å². The summed E-state index contributed by atoms with van der Waals surface area (Å²) in [4.78, 5) is 11.9. The van der Waals surface area contributed by atoms with Gasteiger partial charge < -0.3 is 10.1 Å². The van der Waals surface area contributed by atoms with Crippen molar-refractivity contribution in [3.63, 3.8) is 0 Å². The predicted molar refractivity (Wildman–Crippen MR) is 81.6 cm³/mol. The van der Waals surface area contributed by atoms with E-state index in [4.69, 9.17) is 4.74 Å². The van der Waals surface area contributed by atoms with Gasteiger partial charge in [-0.2, -0.15) is 0 Å². The highest BCUT2D eigenvalue weighted by molar-refractivity contribution is 5.67. The molecule has 0 aliphatic heterocycles. The second-order valence-electron chi connectivity index (χ2n) is 7.49. The normalized spacial score (nSPS) is 34.2. The minimum Gasteiger partial charge on any atom is -0.446 e. The first-order valence-electron chi connectivity index (χ1n) is 8.36. The SMILES string of the molecule is CCCCCCNC(=O)O[C@@H]1C[C@H]2CC[C@]1(C)C2(C)C. The Morgan fingerprint density at radius 1 is 1.25 bits per heavy atom. The number of carbonyl (C=O) groups excluding carboxylic acids is 1. The number of ether oxygens (including phenoxy) is 1. The fraction of sp³-hybridized carbons (Fsp3) is 0.941. The highest BCUT2D eigenvalue weighted by Crippen LogP contribution is 2.66. The van der Waals surface area contributed by atoms with Crippen molar-refractivity contribution in [3.8, 4) is 0 Å². The number of hydrogen-bond acceptors (Lipinski definition) is 2. The summed E-state index contributed by atoms with van der Waals surface area (Å²) in [6.45, 7) is 9.93. The first-order valence-corrected chi connectivity index (χ1v) is 8.36. The van der Waals surface area contributed by atoms with Crippen molar-refractivity contribution >= 4 is 6.09 Å². The number of alkyl carbamates (subject to hydrolysis) is 1. The van der Waals surface area contributed by atoms with Gasteiger partial charge in [0.1, 0.15) is 6.10 Å². The molecular formula is C17H31NO2. The van der Waals surface area contributed by atoms with Gasteiger partial charge in [-0.15, -0.1) is 0 Å². The third kappa shape index (κ3) is 2.68. The molecule has 0 heterocycles. The lowest BCUT2D eigenvalue weighted by Crippen LogP contribution is -2.40. The second kappa shape index (κ2) is 5.95. The molecule has 0 aromatic carbocycles. The molecule has 2 fully saturated rings. The summed E-state index contributed by atoms with van der Waals surface area (Å²) < 4.78 is 5.74. The molecule has 3 heteroatoms. The van der Waals surface area contributed by atoms with E-state index in [-0.39, 0.29) is 17.6 Å². The van der Waals surface area contributed by atoms with Gasteiger partial charge in [0.05, 0.1) is 0 Å². The zero-order valence-corrected chi connectivity index (χ0v) is 13.6. The van der Waals surface area contributed by atoms with Crippen molar-refractivity contribution in [2.75, 3.05) is 6.54 Å². The summed E-state index contributed by atoms with van der Waals surface area (Å²) in [5.74, 6) is 0.717. The van der Waals surface area contributed by atoms with Crippen LogP contribution in [0.4, 0.5) is 4.79 Å². The molecular weight excluding hydrogens is 250 g/mol. The maximum atomic E-state index is 11.9. The molecule has 2 bridgehead atoms. The second-order valence-corrected chi connectivity index (χ2v) is 7.49. The van der Waals surface area contributed by atoms with E-state index in [0.717, 1.165) is 25.3 Å². The highest BCUT2D eigenvalue weighted by Gasteiger charge is 2.62. The Morgan fingerprint density at radius 3 is 2.55 bits per heavy atom. The van der Waals surface area contributed by atoms with Crippen molar-refractivity contribution < 1.29 is 9.53 Å². The lowest BCUT2D eigenvalue weighted by atomic mass is 9.70. The fourth-order valence-electron chi connectivity index (χ4n) is 4.22. The monoisotopic (exact) mass is 281 g/mol. The van der Waals surface area contributed by atoms with E-state index in [0.29, 0.717) is 5.41 Å². The summed E-state index contributed by atoms with van der Waals surface area (Å²) in [7, 11) is 0. The zero-order chi connectivity index (χ0) is 14.8. The number of hydrogen-bond donors (Lipinski definition) is 1. The van der Waals surface area contributed by atoms with Crippen LogP contribution in [0, 0.1) is 16.7 Å². The van der Waals surface area contributed by atoms with Crippen LogP contribution in [0.15, 0.2) is 0 Å². The van der Waals surface area contributed by atoms with Gasteiger partial charge in [0, 0.05) is 12.0 Å². The molecule has 0 aromatic rings. The molecule has 0 unspecified atom stereocenters. The predicted octanol–water partition coefficient (Wildman–Crippen LogP) is 4.51. The molecule has 2 rings (SSSR count). The van der Waals surface area contributed by atoms with Crippen LogP contribution in [-0.4, -0.2) is 18.7 Å². The summed E-state index contributed by atoms with van der Waals surface area (Å²) in [6, 6.07) is 0. The fourth-order valence-corrected chi connectivity index (χ4v) is 4.22. The molecule has 0 radical (unpaired) electrons. The molecule has 2 saturated carbocycles. The standard InChI is InChI=1S/C17H31NO2/c1-5-6-7-8-11-18-15(19)20-14-12-13-9-10-17(14,4)16(13,2)3/h13-14H,5-12H2,1-4H3,(H,18,19)/t13-,14-,17+/m1/s1. The van der Waals surface area contributed by atoms with Gasteiger partial charge in [0.2, 0.25) is 0 Å². The minimum absolute atomic E-state index is 0.104. The third-order valence-electron chi connectivity index (χ3n) is 6.26. The van der Waals surface area contributed by atoms with Crippen LogP contribution in [0.5, 0.6) is 0 Å². The van der Waals surface area contributed by atoms with Crippen LogP contribution >= 0.6 is 0 Å². The maximum absolute atomic E-state index is 11.9. The molecule has 0 saturated heterocycles. The van der Waals surface area contributed by atoms with E-state index in [1.807, 2.05) is 0 Å². The van der Waals surface area contributed by atoms with Gasteiger partial charge in [-0.05, 0) is 37.0 Å². The average molecular weight is 281 g/mol. The molecule has 3 atom stereocenters. The zero-order valence-electron chi connectivity index (χ0n) is 13.6. The van der Waals surface area contributed by atoms with Crippen LogP contribution < -0.4 is 5.32 Å². The number of nitrogens with one attached hydrogen (secondary N) is 1. The van der Waals surface area contributed by atoms with Crippen molar-refractivity contribution in [1.29, 1.82) is 0 Å². The first-order chi connectivity index (χ1) is 9.41. The van der Waals surface area contributed by atoms with Crippen LogP contribution in [0.25, 0.3) is 0 Å². The molecule has 0 spiro atoms. The van der Waals surface area contributed by atoms with Crippen molar-refractivity contribution in [2.24, 2.45) is 16.7 Å². The Kier molecular flexibility index (Phi) is 4.66. The Hall–Kier alpha value is -0.730. The molecule has 3 nitrogen and oxygen atoms in total. The van der Waals surface area contributed by atoms with Crippen LogP contribution in [-0.2, 0) is 4.74 Å². The number of fused-ring (bicyclic) bond motifs is 2. The molecule has 20 heavy (non-hydrogen) atoms. The van der Waals surface area contributed by atoms with Crippen LogP contribution in [0.2, 0.25) is 0 Å². The summed E-state index contributed by atoms with van der Waals surface area (Å²) in [6.07, 6.45) is 8.14. The van der Waals surface area contributed by atoms with Crippen molar-refractivity contribution in [3.05, 3.63) is 0 Å².